The minimum absolute atomic E-state index is 0.111. The Bertz CT molecular complexity index is 183. The van der Waals surface area contributed by atoms with Gasteiger partial charge in [-0.15, -0.1) is 0 Å². The van der Waals surface area contributed by atoms with Gasteiger partial charge in [0.1, 0.15) is 0 Å². The zero-order chi connectivity index (χ0) is 10.6. The number of hydrogen-bond acceptors (Lipinski definition) is 2. The molecule has 0 radical (unpaired) electrons. The molecule has 1 aliphatic rings. The average molecular weight is 200 g/mol. The molecule has 1 atom stereocenters. The number of carbonyl (C=O) groups is 1. The van der Waals surface area contributed by atoms with Crippen LogP contribution in [0.1, 0.15) is 39.5 Å². The smallest absolute Gasteiger partial charge is 0.306 e. The van der Waals surface area contributed by atoms with Crippen molar-refractivity contribution in [2.45, 2.75) is 45.6 Å². The third-order valence-electron chi connectivity index (χ3n) is 3.21. The van der Waals surface area contributed by atoms with Crippen LogP contribution >= 0.6 is 0 Å². The van der Waals surface area contributed by atoms with Gasteiger partial charge < -0.3 is 9.84 Å². The predicted molar refractivity (Wildman–Crippen MR) is 54.2 cm³/mol. The lowest BCUT2D eigenvalue weighted by molar-refractivity contribution is -0.143. The van der Waals surface area contributed by atoms with E-state index in [-0.39, 0.29) is 12.0 Å². The summed E-state index contributed by atoms with van der Waals surface area (Å²) in [6.45, 7) is 4.84. The van der Waals surface area contributed by atoms with Crippen molar-refractivity contribution in [1.82, 2.24) is 0 Å². The molecule has 1 saturated carbocycles. The van der Waals surface area contributed by atoms with Crippen LogP contribution in [0.25, 0.3) is 0 Å². The van der Waals surface area contributed by atoms with Gasteiger partial charge in [-0.3, -0.25) is 4.79 Å². The van der Waals surface area contributed by atoms with Gasteiger partial charge in [0.15, 0.2) is 0 Å². The molecule has 1 unspecified atom stereocenters. The molecule has 0 amide bonds. The standard InChI is InChI=1S/C11H20O3/c1-3-14-8(2)9-4-6-10(7-5-9)11(12)13/h8-10H,3-7H2,1-2H3,(H,12,13). The molecule has 1 N–H and O–H groups in total. The topological polar surface area (TPSA) is 46.5 Å². The van der Waals surface area contributed by atoms with Crippen molar-refractivity contribution in [3.63, 3.8) is 0 Å². The van der Waals surface area contributed by atoms with Crippen LogP contribution in [0.2, 0.25) is 0 Å². The SMILES string of the molecule is CCOC(C)C1CCC(C(=O)O)CC1. The minimum Gasteiger partial charge on any atom is -0.481 e. The van der Waals surface area contributed by atoms with E-state index in [1.807, 2.05) is 6.92 Å². The van der Waals surface area contributed by atoms with Gasteiger partial charge in [-0.2, -0.15) is 0 Å². The second kappa shape index (κ2) is 5.35. The van der Waals surface area contributed by atoms with Crippen LogP contribution in [0.15, 0.2) is 0 Å². The van der Waals surface area contributed by atoms with E-state index in [1.165, 1.54) is 0 Å². The first-order chi connectivity index (χ1) is 6.65. The van der Waals surface area contributed by atoms with E-state index in [4.69, 9.17) is 9.84 Å². The maximum Gasteiger partial charge on any atom is 0.306 e. The number of rotatable bonds is 4. The van der Waals surface area contributed by atoms with Gasteiger partial charge in [-0.05, 0) is 45.4 Å². The zero-order valence-electron chi connectivity index (χ0n) is 9.03. The summed E-state index contributed by atoms with van der Waals surface area (Å²) in [6.07, 6.45) is 3.92. The lowest BCUT2D eigenvalue weighted by Gasteiger charge is -2.30. The molecule has 0 bridgehead atoms. The van der Waals surface area contributed by atoms with E-state index >= 15 is 0 Å². The summed E-state index contributed by atoms with van der Waals surface area (Å²) in [6, 6.07) is 0. The Morgan fingerprint density at radius 2 is 2.00 bits per heavy atom. The van der Waals surface area contributed by atoms with E-state index in [1.54, 1.807) is 0 Å². The van der Waals surface area contributed by atoms with E-state index < -0.39 is 5.97 Å². The molecule has 14 heavy (non-hydrogen) atoms. The second-order valence-corrected chi connectivity index (χ2v) is 4.11. The van der Waals surface area contributed by atoms with Crippen molar-refractivity contribution < 1.29 is 14.6 Å². The molecule has 3 heteroatoms. The summed E-state index contributed by atoms with van der Waals surface area (Å²) < 4.78 is 5.53. The van der Waals surface area contributed by atoms with Crippen LogP contribution < -0.4 is 0 Å². The van der Waals surface area contributed by atoms with Crippen LogP contribution in [0.3, 0.4) is 0 Å². The number of hydrogen-bond donors (Lipinski definition) is 1. The minimum atomic E-state index is -0.632. The number of ether oxygens (including phenoxy) is 1. The van der Waals surface area contributed by atoms with Gasteiger partial charge in [0, 0.05) is 6.61 Å². The Morgan fingerprint density at radius 3 is 2.43 bits per heavy atom. The van der Waals surface area contributed by atoms with Crippen molar-refractivity contribution in [2.24, 2.45) is 11.8 Å². The predicted octanol–water partition coefficient (Wildman–Crippen LogP) is 2.30. The molecule has 1 aliphatic carbocycles. The second-order valence-electron chi connectivity index (χ2n) is 4.11. The highest BCUT2D eigenvalue weighted by Crippen LogP contribution is 2.31. The fraction of sp³-hybridized carbons (Fsp3) is 0.909. The molecule has 0 aromatic carbocycles. The van der Waals surface area contributed by atoms with Crippen LogP contribution in [0, 0.1) is 11.8 Å². The summed E-state index contributed by atoms with van der Waals surface area (Å²) in [5, 5.41) is 8.84. The van der Waals surface area contributed by atoms with Crippen molar-refractivity contribution >= 4 is 5.97 Å². The van der Waals surface area contributed by atoms with Gasteiger partial charge in [0.05, 0.1) is 12.0 Å². The van der Waals surface area contributed by atoms with Gasteiger partial charge in [-0.1, -0.05) is 0 Å². The van der Waals surface area contributed by atoms with Crippen LogP contribution in [0.5, 0.6) is 0 Å². The Balaban J connectivity index is 2.31. The molecule has 0 saturated heterocycles. The summed E-state index contributed by atoms with van der Waals surface area (Å²) in [4.78, 5) is 10.7. The third-order valence-corrected chi connectivity index (χ3v) is 3.21. The van der Waals surface area contributed by atoms with E-state index in [0.29, 0.717) is 5.92 Å². The molecular formula is C11H20O3. The van der Waals surface area contributed by atoms with Gasteiger partial charge in [-0.25, -0.2) is 0 Å². The largest absolute Gasteiger partial charge is 0.481 e. The quantitative estimate of drug-likeness (QED) is 0.757. The van der Waals surface area contributed by atoms with E-state index in [0.717, 1.165) is 32.3 Å². The number of carboxylic acids is 1. The van der Waals surface area contributed by atoms with Crippen LogP contribution in [0.4, 0.5) is 0 Å². The van der Waals surface area contributed by atoms with E-state index in [2.05, 4.69) is 6.92 Å². The molecule has 0 heterocycles. The van der Waals surface area contributed by atoms with E-state index in [9.17, 15) is 4.79 Å². The van der Waals surface area contributed by atoms with Gasteiger partial charge >= 0.3 is 5.97 Å². The molecule has 0 aromatic heterocycles. The van der Waals surface area contributed by atoms with Crippen molar-refractivity contribution in [3.8, 4) is 0 Å². The molecule has 0 aromatic rings. The lowest BCUT2D eigenvalue weighted by Crippen LogP contribution is -2.28. The molecule has 82 valence electrons. The average Bonchev–Trinajstić information content (AvgIpc) is 2.18. The zero-order valence-corrected chi connectivity index (χ0v) is 9.03. The van der Waals surface area contributed by atoms with Crippen molar-refractivity contribution in [1.29, 1.82) is 0 Å². The summed E-state index contributed by atoms with van der Waals surface area (Å²) in [7, 11) is 0. The molecule has 1 fully saturated rings. The number of carboxylic acid groups (broad SMARTS) is 1. The first-order valence-corrected chi connectivity index (χ1v) is 5.49. The highest BCUT2D eigenvalue weighted by Gasteiger charge is 2.28. The molecule has 0 spiro atoms. The van der Waals surface area contributed by atoms with Crippen LogP contribution in [-0.2, 0) is 9.53 Å². The summed E-state index contributed by atoms with van der Waals surface area (Å²) in [5.41, 5.74) is 0. The Labute approximate surface area is 85.5 Å². The fourth-order valence-electron chi connectivity index (χ4n) is 2.23. The summed E-state index contributed by atoms with van der Waals surface area (Å²) in [5.74, 6) is -0.182. The van der Waals surface area contributed by atoms with Crippen molar-refractivity contribution in [2.75, 3.05) is 6.61 Å². The van der Waals surface area contributed by atoms with Crippen molar-refractivity contribution in [3.05, 3.63) is 0 Å². The molecule has 0 aliphatic heterocycles. The Kier molecular flexibility index (Phi) is 4.39. The normalized spacial score (nSPS) is 29.9. The highest BCUT2D eigenvalue weighted by molar-refractivity contribution is 5.69. The lowest BCUT2D eigenvalue weighted by atomic mass is 9.80. The highest BCUT2D eigenvalue weighted by atomic mass is 16.5. The monoisotopic (exact) mass is 200 g/mol. The van der Waals surface area contributed by atoms with Crippen LogP contribution in [-0.4, -0.2) is 23.8 Å². The molecular weight excluding hydrogens is 180 g/mol. The van der Waals surface area contributed by atoms with Gasteiger partial charge in [0.2, 0.25) is 0 Å². The Morgan fingerprint density at radius 1 is 1.43 bits per heavy atom. The maximum atomic E-state index is 10.7. The third kappa shape index (κ3) is 2.98. The maximum absolute atomic E-state index is 10.7. The Hall–Kier alpha value is -0.570. The molecule has 3 nitrogen and oxygen atoms in total. The summed E-state index contributed by atoms with van der Waals surface area (Å²) >= 11 is 0. The first-order valence-electron chi connectivity index (χ1n) is 5.49. The number of aliphatic carboxylic acids is 1. The molecule has 1 rings (SSSR count). The van der Waals surface area contributed by atoms with Gasteiger partial charge in [0.25, 0.3) is 0 Å². The first kappa shape index (κ1) is 11.5. The fourth-order valence-corrected chi connectivity index (χ4v) is 2.23.